The third kappa shape index (κ3) is 3.96. The average molecular weight is 319 g/mol. The van der Waals surface area contributed by atoms with Gasteiger partial charge in [-0.2, -0.15) is 0 Å². The number of rotatable bonds is 4. The van der Waals surface area contributed by atoms with E-state index in [2.05, 4.69) is 98.6 Å². The fourth-order valence-corrected chi connectivity index (χ4v) is 3.28. The Bertz CT molecular complexity index is 776. The lowest BCUT2D eigenvalue weighted by Crippen LogP contribution is -2.09. The van der Waals surface area contributed by atoms with Gasteiger partial charge in [0.1, 0.15) is 0 Å². The largest absolute Gasteiger partial charge is 0.345 e. The maximum atomic E-state index is 2.22. The van der Waals surface area contributed by atoms with Gasteiger partial charge in [-0.25, -0.2) is 0 Å². The van der Waals surface area contributed by atoms with Gasteiger partial charge in [-0.3, -0.25) is 0 Å². The van der Waals surface area contributed by atoms with Gasteiger partial charge in [-0.15, -0.1) is 0 Å². The first-order valence-corrected chi connectivity index (χ1v) is 8.58. The normalized spacial score (nSPS) is 10.6. The van der Waals surface area contributed by atoms with Crippen molar-refractivity contribution in [1.29, 1.82) is 0 Å². The van der Waals surface area contributed by atoms with Crippen molar-refractivity contribution in [2.24, 2.45) is 0 Å². The van der Waals surface area contributed by atoms with Gasteiger partial charge in [-0.1, -0.05) is 41.6 Å². The highest BCUT2D eigenvalue weighted by molar-refractivity contribution is 7.99. The molecule has 3 aromatic carbocycles. The van der Waals surface area contributed by atoms with Gasteiger partial charge < -0.3 is 4.90 Å². The van der Waals surface area contributed by atoms with Crippen molar-refractivity contribution in [2.45, 2.75) is 23.6 Å². The van der Waals surface area contributed by atoms with Crippen molar-refractivity contribution < 1.29 is 0 Å². The third-order valence-electron chi connectivity index (χ3n) is 3.87. The zero-order chi connectivity index (χ0) is 16.2. The van der Waals surface area contributed by atoms with Crippen LogP contribution >= 0.6 is 11.8 Å². The molecule has 1 nitrogen and oxygen atoms in total. The minimum Gasteiger partial charge on any atom is -0.345 e. The molecule has 0 aliphatic rings. The Balaban J connectivity index is 1.75. The molecule has 0 aliphatic carbocycles. The predicted molar refractivity (Wildman–Crippen MR) is 101 cm³/mol. The SMILES string of the molecule is Cc1ccc(Sc2ccc(N(C)c3cccc(C)c3)cc2)cc1. The first-order chi connectivity index (χ1) is 11.1. The van der Waals surface area contributed by atoms with Gasteiger partial charge in [-0.05, 0) is 67.9 Å². The number of benzene rings is 3. The molecule has 3 aromatic rings. The highest BCUT2D eigenvalue weighted by Gasteiger charge is 2.04. The van der Waals surface area contributed by atoms with Crippen LogP contribution in [0.3, 0.4) is 0 Å². The van der Waals surface area contributed by atoms with Crippen molar-refractivity contribution in [3.63, 3.8) is 0 Å². The van der Waals surface area contributed by atoms with E-state index in [4.69, 9.17) is 0 Å². The zero-order valence-corrected chi connectivity index (χ0v) is 14.6. The smallest absolute Gasteiger partial charge is 0.0410 e. The minimum absolute atomic E-state index is 1.20. The molecule has 0 amide bonds. The van der Waals surface area contributed by atoms with Crippen LogP contribution in [0.2, 0.25) is 0 Å². The van der Waals surface area contributed by atoms with Gasteiger partial charge in [0.25, 0.3) is 0 Å². The van der Waals surface area contributed by atoms with E-state index in [1.54, 1.807) is 11.8 Å². The van der Waals surface area contributed by atoms with Gasteiger partial charge in [0, 0.05) is 28.2 Å². The second-order valence-electron chi connectivity index (χ2n) is 5.81. The summed E-state index contributed by atoms with van der Waals surface area (Å²) in [7, 11) is 2.11. The molecule has 0 N–H and O–H groups in total. The second kappa shape index (κ2) is 6.93. The van der Waals surface area contributed by atoms with Crippen molar-refractivity contribution in [1.82, 2.24) is 0 Å². The molecule has 0 saturated carbocycles. The Morgan fingerprint density at radius 2 is 1.26 bits per heavy atom. The highest BCUT2D eigenvalue weighted by atomic mass is 32.2. The van der Waals surface area contributed by atoms with Crippen LogP contribution in [-0.4, -0.2) is 7.05 Å². The summed E-state index contributed by atoms with van der Waals surface area (Å²) in [6.45, 7) is 4.24. The van der Waals surface area contributed by atoms with E-state index in [9.17, 15) is 0 Å². The van der Waals surface area contributed by atoms with E-state index in [0.717, 1.165) is 0 Å². The molecule has 0 aliphatic heterocycles. The topological polar surface area (TPSA) is 3.24 Å². The van der Waals surface area contributed by atoms with Gasteiger partial charge >= 0.3 is 0 Å². The van der Waals surface area contributed by atoms with Crippen LogP contribution in [0.4, 0.5) is 11.4 Å². The third-order valence-corrected chi connectivity index (χ3v) is 4.89. The lowest BCUT2D eigenvalue weighted by Gasteiger charge is -2.20. The minimum atomic E-state index is 1.20. The summed E-state index contributed by atoms with van der Waals surface area (Å²) in [5.74, 6) is 0. The van der Waals surface area contributed by atoms with Crippen LogP contribution in [0.1, 0.15) is 11.1 Å². The molecule has 2 heteroatoms. The lowest BCUT2D eigenvalue weighted by atomic mass is 10.2. The Morgan fingerprint density at radius 3 is 1.87 bits per heavy atom. The molecule has 0 radical (unpaired) electrons. The van der Waals surface area contributed by atoms with Crippen molar-refractivity contribution in [3.05, 3.63) is 83.9 Å². The van der Waals surface area contributed by atoms with Crippen LogP contribution in [0.5, 0.6) is 0 Å². The zero-order valence-electron chi connectivity index (χ0n) is 13.8. The summed E-state index contributed by atoms with van der Waals surface area (Å²) < 4.78 is 0. The molecular weight excluding hydrogens is 298 g/mol. The van der Waals surface area contributed by atoms with Crippen LogP contribution in [-0.2, 0) is 0 Å². The molecule has 0 spiro atoms. The molecule has 0 unspecified atom stereocenters. The Hall–Kier alpha value is -2.19. The maximum absolute atomic E-state index is 2.22. The number of hydrogen-bond donors (Lipinski definition) is 0. The summed E-state index contributed by atoms with van der Waals surface area (Å²) in [6.07, 6.45) is 0. The maximum Gasteiger partial charge on any atom is 0.0410 e. The summed E-state index contributed by atoms with van der Waals surface area (Å²) in [5.41, 5.74) is 4.98. The molecule has 0 heterocycles. The van der Waals surface area contributed by atoms with E-state index in [-0.39, 0.29) is 0 Å². The highest BCUT2D eigenvalue weighted by Crippen LogP contribution is 2.31. The average Bonchev–Trinajstić information content (AvgIpc) is 2.57. The first-order valence-electron chi connectivity index (χ1n) is 7.77. The quantitative estimate of drug-likeness (QED) is 0.561. The van der Waals surface area contributed by atoms with Crippen LogP contribution in [0.25, 0.3) is 0 Å². The Kier molecular flexibility index (Phi) is 4.73. The second-order valence-corrected chi connectivity index (χ2v) is 6.95. The summed E-state index contributed by atoms with van der Waals surface area (Å²) in [5, 5.41) is 0. The molecule has 0 aromatic heterocycles. The molecular formula is C21H21NS. The fraction of sp³-hybridized carbons (Fsp3) is 0.143. The standard InChI is InChI=1S/C21H21NS/c1-16-7-11-20(12-8-16)23-21-13-9-18(10-14-21)22(3)19-6-4-5-17(2)15-19/h4-15H,1-3H3. The van der Waals surface area contributed by atoms with E-state index in [0.29, 0.717) is 0 Å². The van der Waals surface area contributed by atoms with Gasteiger partial charge in [0.05, 0.1) is 0 Å². The number of hydrogen-bond acceptors (Lipinski definition) is 2. The number of nitrogens with zero attached hydrogens (tertiary/aromatic N) is 1. The molecule has 0 saturated heterocycles. The molecule has 3 rings (SSSR count). The van der Waals surface area contributed by atoms with Crippen LogP contribution in [0, 0.1) is 13.8 Å². The van der Waals surface area contributed by atoms with E-state index < -0.39 is 0 Å². The Labute approximate surface area is 143 Å². The van der Waals surface area contributed by atoms with E-state index in [1.807, 2.05) is 0 Å². The summed E-state index contributed by atoms with van der Waals surface area (Å²) in [4.78, 5) is 4.75. The molecule has 0 atom stereocenters. The van der Waals surface area contributed by atoms with Crippen molar-refractivity contribution >= 4 is 23.1 Å². The lowest BCUT2D eigenvalue weighted by molar-refractivity contribution is 1.19. The molecule has 0 fully saturated rings. The molecule has 23 heavy (non-hydrogen) atoms. The summed E-state index contributed by atoms with van der Waals surface area (Å²) >= 11 is 1.80. The number of anilines is 2. The fourth-order valence-electron chi connectivity index (χ4n) is 2.47. The van der Waals surface area contributed by atoms with Crippen molar-refractivity contribution in [2.75, 3.05) is 11.9 Å². The first kappa shape index (κ1) is 15.7. The van der Waals surface area contributed by atoms with Crippen LogP contribution < -0.4 is 4.90 Å². The summed E-state index contributed by atoms with van der Waals surface area (Å²) in [6, 6.07) is 26.0. The Morgan fingerprint density at radius 1 is 0.652 bits per heavy atom. The molecule has 0 bridgehead atoms. The number of aryl methyl sites for hydroxylation is 2. The van der Waals surface area contributed by atoms with Crippen LogP contribution in [0.15, 0.2) is 82.6 Å². The van der Waals surface area contributed by atoms with Gasteiger partial charge in [0.2, 0.25) is 0 Å². The molecule has 116 valence electrons. The van der Waals surface area contributed by atoms with Crippen molar-refractivity contribution in [3.8, 4) is 0 Å². The monoisotopic (exact) mass is 319 g/mol. The van der Waals surface area contributed by atoms with E-state index in [1.165, 1.54) is 32.3 Å². The van der Waals surface area contributed by atoms with E-state index >= 15 is 0 Å². The predicted octanol–water partition coefficient (Wildman–Crippen LogP) is 6.22. The van der Waals surface area contributed by atoms with Gasteiger partial charge in [0.15, 0.2) is 0 Å².